The molecule has 0 saturated carbocycles. The number of rotatable bonds is 2. The zero-order chi connectivity index (χ0) is 19.7. The molecular weight excluding hydrogens is 355 g/mol. The van der Waals surface area contributed by atoms with Crippen molar-refractivity contribution in [1.82, 2.24) is 4.90 Å². The second-order valence-corrected chi connectivity index (χ2v) is 7.82. The zero-order valence-corrected chi connectivity index (χ0v) is 16.1. The number of halogens is 1. The first-order valence-electron chi connectivity index (χ1n) is 10.0. The van der Waals surface area contributed by atoms with Crippen molar-refractivity contribution in [3.63, 3.8) is 0 Å². The van der Waals surface area contributed by atoms with E-state index >= 15 is 0 Å². The summed E-state index contributed by atoms with van der Waals surface area (Å²) < 4.78 is 13.1. The molecule has 5 heteroatoms. The molecule has 4 nitrogen and oxygen atoms in total. The third-order valence-electron chi connectivity index (χ3n) is 5.91. The van der Waals surface area contributed by atoms with Gasteiger partial charge in [0.1, 0.15) is 5.82 Å². The molecule has 4 rings (SSSR count). The monoisotopic (exact) mass is 380 g/mol. The Balaban J connectivity index is 1.52. The van der Waals surface area contributed by atoms with Gasteiger partial charge in [-0.1, -0.05) is 18.2 Å². The van der Waals surface area contributed by atoms with Gasteiger partial charge in [0.2, 0.25) is 5.91 Å². The van der Waals surface area contributed by atoms with E-state index in [1.165, 1.54) is 29.8 Å². The SMILES string of the molecule is CC1CCc2ccccc2N1C(=O)C1CCCN(C(=O)c2ccc(F)cc2)C1. The van der Waals surface area contributed by atoms with Gasteiger partial charge in [-0.2, -0.15) is 0 Å². The van der Waals surface area contributed by atoms with E-state index in [1.54, 1.807) is 4.90 Å². The van der Waals surface area contributed by atoms with Crippen LogP contribution in [0.15, 0.2) is 48.5 Å². The van der Waals surface area contributed by atoms with Crippen molar-refractivity contribution >= 4 is 17.5 Å². The molecule has 0 radical (unpaired) electrons. The highest BCUT2D eigenvalue weighted by Gasteiger charge is 2.36. The Bertz CT molecular complexity index is 880. The molecule has 1 fully saturated rings. The van der Waals surface area contributed by atoms with Gasteiger partial charge in [0, 0.05) is 30.4 Å². The summed E-state index contributed by atoms with van der Waals surface area (Å²) in [6.07, 6.45) is 3.53. The van der Waals surface area contributed by atoms with Crippen LogP contribution in [0.5, 0.6) is 0 Å². The third kappa shape index (κ3) is 3.53. The quantitative estimate of drug-likeness (QED) is 0.789. The molecule has 2 atom stereocenters. The van der Waals surface area contributed by atoms with Gasteiger partial charge in [-0.25, -0.2) is 4.39 Å². The summed E-state index contributed by atoms with van der Waals surface area (Å²) in [6, 6.07) is 13.9. The number of benzene rings is 2. The minimum Gasteiger partial charge on any atom is -0.338 e. The number of piperidine rings is 1. The predicted octanol–water partition coefficient (Wildman–Crippen LogP) is 4.05. The van der Waals surface area contributed by atoms with Gasteiger partial charge >= 0.3 is 0 Å². The highest BCUT2D eigenvalue weighted by Crippen LogP contribution is 2.33. The number of hydrogen-bond acceptors (Lipinski definition) is 2. The van der Waals surface area contributed by atoms with Crippen LogP contribution in [0.4, 0.5) is 10.1 Å². The lowest BCUT2D eigenvalue weighted by molar-refractivity contribution is -0.124. The number of nitrogens with zero attached hydrogens (tertiary/aromatic N) is 2. The summed E-state index contributed by atoms with van der Waals surface area (Å²) in [6.45, 7) is 3.14. The zero-order valence-electron chi connectivity index (χ0n) is 16.1. The van der Waals surface area contributed by atoms with Gasteiger partial charge in [0.15, 0.2) is 0 Å². The number of hydrogen-bond donors (Lipinski definition) is 0. The minimum absolute atomic E-state index is 0.108. The normalized spacial score (nSPS) is 21.9. The number of para-hydroxylation sites is 1. The van der Waals surface area contributed by atoms with Gasteiger partial charge in [0.05, 0.1) is 5.92 Å². The van der Waals surface area contributed by atoms with Crippen LogP contribution in [0.3, 0.4) is 0 Å². The van der Waals surface area contributed by atoms with Crippen LogP contribution < -0.4 is 4.90 Å². The van der Waals surface area contributed by atoms with E-state index in [9.17, 15) is 14.0 Å². The Morgan fingerprint density at radius 2 is 1.79 bits per heavy atom. The van der Waals surface area contributed by atoms with Crippen LogP contribution in [0.1, 0.15) is 42.1 Å². The summed E-state index contributed by atoms with van der Waals surface area (Å²) in [7, 11) is 0. The van der Waals surface area contributed by atoms with E-state index in [4.69, 9.17) is 0 Å². The van der Waals surface area contributed by atoms with Crippen molar-refractivity contribution in [3.05, 3.63) is 65.5 Å². The maximum Gasteiger partial charge on any atom is 0.253 e. The molecule has 2 aromatic rings. The second-order valence-electron chi connectivity index (χ2n) is 7.82. The average Bonchev–Trinajstić information content (AvgIpc) is 2.73. The van der Waals surface area contributed by atoms with Crippen LogP contribution in [0.2, 0.25) is 0 Å². The fourth-order valence-corrected chi connectivity index (χ4v) is 4.36. The molecular formula is C23H25FN2O2. The number of aryl methyl sites for hydroxylation is 1. The van der Waals surface area contributed by atoms with Crippen molar-refractivity contribution in [2.75, 3.05) is 18.0 Å². The van der Waals surface area contributed by atoms with Crippen LogP contribution in [-0.2, 0) is 11.2 Å². The second kappa shape index (κ2) is 7.74. The van der Waals surface area contributed by atoms with Crippen molar-refractivity contribution in [2.45, 2.75) is 38.6 Å². The Kier molecular flexibility index (Phi) is 5.16. The van der Waals surface area contributed by atoms with E-state index in [0.29, 0.717) is 18.7 Å². The number of carbonyl (C=O) groups is 2. The molecule has 0 bridgehead atoms. The fourth-order valence-electron chi connectivity index (χ4n) is 4.36. The van der Waals surface area contributed by atoms with E-state index in [0.717, 1.165) is 31.4 Å². The van der Waals surface area contributed by atoms with Crippen molar-refractivity contribution < 1.29 is 14.0 Å². The predicted molar refractivity (Wildman–Crippen MR) is 107 cm³/mol. The molecule has 0 aliphatic carbocycles. The van der Waals surface area contributed by atoms with Crippen molar-refractivity contribution in [3.8, 4) is 0 Å². The molecule has 2 aliphatic rings. The standard InChI is InChI=1S/C23H25FN2O2/c1-16-8-9-17-5-2-3-7-21(17)26(16)23(28)19-6-4-14-25(15-19)22(27)18-10-12-20(24)13-11-18/h2-3,5,7,10-13,16,19H,4,6,8-9,14-15H2,1H3. The number of likely N-dealkylation sites (tertiary alicyclic amines) is 1. The highest BCUT2D eigenvalue weighted by molar-refractivity contribution is 5.98. The van der Waals surface area contributed by atoms with Gasteiger partial charge in [-0.05, 0) is 68.5 Å². The highest BCUT2D eigenvalue weighted by atomic mass is 19.1. The molecule has 0 aromatic heterocycles. The van der Waals surface area contributed by atoms with E-state index in [2.05, 4.69) is 13.0 Å². The lowest BCUT2D eigenvalue weighted by Crippen LogP contribution is -2.50. The van der Waals surface area contributed by atoms with Crippen LogP contribution in [-0.4, -0.2) is 35.8 Å². The fraction of sp³-hybridized carbons (Fsp3) is 0.391. The van der Waals surface area contributed by atoms with Gasteiger partial charge in [0.25, 0.3) is 5.91 Å². The topological polar surface area (TPSA) is 40.6 Å². The third-order valence-corrected chi connectivity index (χ3v) is 5.91. The summed E-state index contributed by atoms with van der Waals surface area (Å²) in [5.74, 6) is -0.589. The van der Waals surface area contributed by atoms with E-state index < -0.39 is 0 Å². The largest absolute Gasteiger partial charge is 0.338 e. The number of carbonyl (C=O) groups excluding carboxylic acids is 2. The molecule has 28 heavy (non-hydrogen) atoms. The van der Waals surface area contributed by atoms with Crippen LogP contribution in [0.25, 0.3) is 0 Å². The van der Waals surface area contributed by atoms with Gasteiger partial charge in [-0.15, -0.1) is 0 Å². The first kappa shape index (κ1) is 18.7. The summed E-state index contributed by atoms with van der Waals surface area (Å²) in [4.78, 5) is 29.9. The lowest BCUT2D eigenvalue weighted by Gasteiger charge is -2.40. The van der Waals surface area contributed by atoms with Gasteiger partial charge in [-0.3, -0.25) is 9.59 Å². The molecule has 146 valence electrons. The van der Waals surface area contributed by atoms with Crippen LogP contribution in [0, 0.1) is 11.7 Å². The molecule has 0 N–H and O–H groups in total. The van der Waals surface area contributed by atoms with Crippen molar-refractivity contribution in [1.29, 1.82) is 0 Å². The first-order valence-corrected chi connectivity index (χ1v) is 10.0. The molecule has 2 aliphatic heterocycles. The molecule has 0 spiro atoms. The molecule has 2 aromatic carbocycles. The summed E-state index contributed by atoms with van der Waals surface area (Å²) in [5.41, 5.74) is 2.68. The molecule has 2 amide bonds. The molecule has 1 saturated heterocycles. The van der Waals surface area contributed by atoms with Crippen LogP contribution >= 0.6 is 0 Å². The maximum atomic E-state index is 13.4. The molecule has 2 heterocycles. The Morgan fingerprint density at radius 1 is 1.04 bits per heavy atom. The maximum absolute atomic E-state index is 13.4. The minimum atomic E-state index is -0.360. The Morgan fingerprint density at radius 3 is 2.57 bits per heavy atom. The van der Waals surface area contributed by atoms with Crippen molar-refractivity contribution in [2.24, 2.45) is 5.92 Å². The lowest BCUT2D eigenvalue weighted by atomic mass is 9.91. The number of fused-ring (bicyclic) bond motifs is 1. The summed E-state index contributed by atoms with van der Waals surface area (Å²) in [5, 5.41) is 0. The Labute approximate surface area is 164 Å². The summed E-state index contributed by atoms with van der Waals surface area (Å²) >= 11 is 0. The molecule has 2 unspecified atom stereocenters. The van der Waals surface area contributed by atoms with Gasteiger partial charge < -0.3 is 9.80 Å². The van der Waals surface area contributed by atoms with E-state index in [1.807, 2.05) is 23.1 Å². The smallest absolute Gasteiger partial charge is 0.253 e. The first-order chi connectivity index (χ1) is 13.5. The number of anilines is 1. The average molecular weight is 380 g/mol. The van der Waals surface area contributed by atoms with E-state index in [-0.39, 0.29) is 29.6 Å². The number of amides is 2. The Hall–Kier alpha value is -2.69.